The van der Waals surface area contributed by atoms with E-state index in [4.69, 9.17) is 21.8 Å². The topological polar surface area (TPSA) is 39.2 Å². The van der Waals surface area contributed by atoms with Crippen molar-refractivity contribution in [3.63, 3.8) is 0 Å². The summed E-state index contributed by atoms with van der Waals surface area (Å²) in [4.78, 5) is 0. The molecule has 1 aromatic rings. The minimum absolute atomic E-state index is 0.00347. The summed E-state index contributed by atoms with van der Waals surface area (Å²) in [6.07, 6.45) is 2.50. The molecule has 0 radical (unpaired) electrons. The standard InChI is InChI=1S/C9H14ClNO/c1-6(2)5-8(11)7-3-4-12-9(7)10/h3-4,6,8H,5,11H2,1-2H3. The number of hydrogen-bond acceptors (Lipinski definition) is 2. The Labute approximate surface area is 77.7 Å². The summed E-state index contributed by atoms with van der Waals surface area (Å²) in [7, 11) is 0. The van der Waals surface area contributed by atoms with Gasteiger partial charge in [-0.3, -0.25) is 0 Å². The Morgan fingerprint density at radius 2 is 2.25 bits per heavy atom. The van der Waals surface area contributed by atoms with E-state index in [1.807, 2.05) is 6.07 Å². The second-order valence-corrected chi connectivity index (χ2v) is 3.73. The Balaban J connectivity index is 2.65. The number of hydrogen-bond donors (Lipinski definition) is 1. The maximum Gasteiger partial charge on any atom is 0.197 e. The van der Waals surface area contributed by atoms with Crippen molar-refractivity contribution in [3.05, 3.63) is 23.1 Å². The Morgan fingerprint density at radius 3 is 2.67 bits per heavy atom. The second-order valence-electron chi connectivity index (χ2n) is 3.39. The summed E-state index contributed by atoms with van der Waals surface area (Å²) in [5.74, 6) is 0.575. The zero-order chi connectivity index (χ0) is 9.14. The Bertz CT molecular complexity index is 244. The Kier molecular flexibility index (Phi) is 3.18. The van der Waals surface area contributed by atoms with Gasteiger partial charge >= 0.3 is 0 Å². The molecule has 0 bridgehead atoms. The van der Waals surface area contributed by atoms with E-state index in [0.29, 0.717) is 11.1 Å². The minimum Gasteiger partial charge on any atom is -0.453 e. The van der Waals surface area contributed by atoms with Gasteiger partial charge in [0.25, 0.3) is 0 Å². The van der Waals surface area contributed by atoms with Crippen LogP contribution in [-0.2, 0) is 0 Å². The second kappa shape index (κ2) is 3.97. The first-order chi connectivity index (χ1) is 5.61. The maximum absolute atomic E-state index is 5.90. The number of furan rings is 1. The molecule has 2 N–H and O–H groups in total. The van der Waals surface area contributed by atoms with Crippen molar-refractivity contribution in [1.29, 1.82) is 0 Å². The lowest BCUT2D eigenvalue weighted by Crippen LogP contribution is -2.12. The van der Waals surface area contributed by atoms with Crippen molar-refractivity contribution in [2.45, 2.75) is 26.3 Å². The Morgan fingerprint density at radius 1 is 1.58 bits per heavy atom. The monoisotopic (exact) mass is 187 g/mol. The fourth-order valence-corrected chi connectivity index (χ4v) is 1.46. The van der Waals surface area contributed by atoms with E-state index in [-0.39, 0.29) is 6.04 Å². The van der Waals surface area contributed by atoms with Crippen LogP contribution in [0.25, 0.3) is 0 Å². The molecule has 0 spiro atoms. The third kappa shape index (κ3) is 2.26. The van der Waals surface area contributed by atoms with Crippen molar-refractivity contribution >= 4 is 11.6 Å². The molecule has 0 saturated heterocycles. The van der Waals surface area contributed by atoms with Gasteiger partial charge in [-0.1, -0.05) is 13.8 Å². The van der Waals surface area contributed by atoms with Gasteiger partial charge in [-0.2, -0.15) is 0 Å². The molecule has 1 heterocycles. The maximum atomic E-state index is 5.90. The first-order valence-electron chi connectivity index (χ1n) is 4.09. The first kappa shape index (κ1) is 9.62. The molecule has 0 aromatic carbocycles. The molecule has 2 nitrogen and oxygen atoms in total. The van der Waals surface area contributed by atoms with Gasteiger partial charge in [-0.15, -0.1) is 0 Å². The van der Waals surface area contributed by atoms with Crippen LogP contribution >= 0.6 is 11.6 Å². The highest BCUT2D eigenvalue weighted by Crippen LogP contribution is 2.26. The zero-order valence-electron chi connectivity index (χ0n) is 7.38. The highest BCUT2D eigenvalue weighted by Gasteiger charge is 2.13. The molecule has 0 fully saturated rings. The fourth-order valence-electron chi connectivity index (χ4n) is 1.20. The summed E-state index contributed by atoms with van der Waals surface area (Å²) in [6, 6.07) is 1.83. The van der Waals surface area contributed by atoms with E-state index in [1.165, 1.54) is 0 Å². The molecule has 1 unspecified atom stereocenters. The van der Waals surface area contributed by atoms with E-state index >= 15 is 0 Å². The predicted octanol–water partition coefficient (Wildman–Crippen LogP) is 2.98. The van der Waals surface area contributed by atoms with Crippen LogP contribution in [0, 0.1) is 5.92 Å². The Hall–Kier alpha value is -0.470. The normalized spacial score (nSPS) is 13.8. The molecule has 0 amide bonds. The average molecular weight is 188 g/mol. The van der Waals surface area contributed by atoms with Crippen LogP contribution in [0.4, 0.5) is 0 Å². The molecule has 68 valence electrons. The zero-order valence-corrected chi connectivity index (χ0v) is 8.14. The third-order valence-electron chi connectivity index (χ3n) is 1.77. The molecule has 12 heavy (non-hydrogen) atoms. The average Bonchev–Trinajstić information content (AvgIpc) is 2.33. The van der Waals surface area contributed by atoms with Crippen molar-refractivity contribution in [3.8, 4) is 0 Å². The lowest BCUT2D eigenvalue weighted by atomic mass is 10.0. The highest BCUT2D eigenvalue weighted by atomic mass is 35.5. The molecule has 0 saturated carbocycles. The molecular formula is C9H14ClNO. The summed E-state index contributed by atoms with van der Waals surface area (Å²) in [6.45, 7) is 4.27. The van der Waals surface area contributed by atoms with Crippen LogP contribution in [0.3, 0.4) is 0 Å². The lowest BCUT2D eigenvalue weighted by molar-refractivity contribution is 0.501. The largest absolute Gasteiger partial charge is 0.453 e. The molecule has 1 rings (SSSR count). The van der Waals surface area contributed by atoms with Crippen LogP contribution in [0.5, 0.6) is 0 Å². The summed E-state index contributed by atoms with van der Waals surface area (Å²) >= 11 is 5.77. The van der Waals surface area contributed by atoms with Gasteiger partial charge in [-0.05, 0) is 30.0 Å². The molecule has 1 aromatic heterocycles. The van der Waals surface area contributed by atoms with Gasteiger partial charge < -0.3 is 10.2 Å². The quantitative estimate of drug-likeness (QED) is 0.790. The van der Waals surface area contributed by atoms with E-state index in [2.05, 4.69) is 13.8 Å². The van der Waals surface area contributed by atoms with Gasteiger partial charge in [0.05, 0.1) is 6.26 Å². The van der Waals surface area contributed by atoms with Gasteiger partial charge in [0.2, 0.25) is 0 Å². The van der Waals surface area contributed by atoms with E-state index in [0.717, 1.165) is 12.0 Å². The summed E-state index contributed by atoms with van der Waals surface area (Å²) in [5.41, 5.74) is 6.80. The highest BCUT2D eigenvalue weighted by molar-refractivity contribution is 6.29. The van der Waals surface area contributed by atoms with Crippen LogP contribution in [0.15, 0.2) is 16.7 Å². The van der Waals surface area contributed by atoms with E-state index in [1.54, 1.807) is 6.26 Å². The SMILES string of the molecule is CC(C)CC(N)c1ccoc1Cl. The molecule has 0 aliphatic heterocycles. The number of halogens is 1. The van der Waals surface area contributed by atoms with Gasteiger partial charge in [0.1, 0.15) is 0 Å². The molecule has 3 heteroatoms. The lowest BCUT2D eigenvalue weighted by Gasteiger charge is -2.11. The summed E-state index contributed by atoms with van der Waals surface area (Å²) in [5, 5.41) is 0.420. The van der Waals surface area contributed by atoms with Crippen molar-refractivity contribution < 1.29 is 4.42 Å². The molecule has 1 atom stereocenters. The van der Waals surface area contributed by atoms with E-state index < -0.39 is 0 Å². The molecule has 0 aliphatic carbocycles. The third-order valence-corrected chi connectivity index (χ3v) is 2.08. The van der Waals surface area contributed by atoms with Crippen LogP contribution in [-0.4, -0.2) is 0 Å². The summed E-state index contributed by atoms with van der Waals surface area (Å²) < 4.78 is 4.95. The van der Waals surface area contributed by atoms with Crippen molar-refractivity contribution in [2.75, 3.05) is 0 Å². The van der Waals surface area contributed by atoms with Crippen LogP contribution in [0.1, 0.15) is 31.9 Å². The van der Waals surface area contributed by atoms with Gasteiger partial charge in [0.15, 0.2) is 5.22 Å². The minimum atomic E-state index is -0.00347. The van der Waals surface area contributed by atoms with Crippen LogP contribution in [0.2, 0.25) is 5.22 Å². The number of rotatable bonds is 3. The first-order valence-corrected chi connectivity index (χ1v) is 4.47. The van der Waals surface area contributed by atoms with Crippen LogP contribution < -0.4 is 5.73 Å². The van der Waals surface area contributed by atoms with Gasteiger partial charge in [-0.25, -0.2) is 0 Å². The number of nitrogens with two attached hydrogens (primary N) is 1. The molecular weight excluding hydrogens is 174 g/mol. The van der Waals surface area contributed by atoms with Crippen molar-refractivity contribution in [1.82, 2.24) is 0 Å². The van der Waals surface area contributed by atoms with Gasteiger partial charge in [0, 0.05) is 11.6 Å². The fraction of sp³-hybridized carbons (Fsp3) is 0.556. The van der Waals surface area contributed by atoms with Crippen molar-refractivity contribution in [2.24, 2.45) is 11.7 Å². The molecule has 0 aliphatic rings. The predicted molar refractivity (Wildman–Crippen MR) is 50.1 cm³/mol. The smallest absolute Gasteiger partial charge is 0.197 e. The van der Waals surface area contributed by atoms with E-state index in [9.17, 15) is 0 Å².